The van der Waals surface area contributed by atoms with Crippen LogP contribution in [0.25, 0.3) is 38.5 Å². The Balaban J connectivity index is 1.27. The van der Waals surface area contributed by atoms with E-state index in [4.69, 9.17) is 13.9 Å². The second-order valence-electron chi connectivity index (χ2n) is 16.8. The molecule has 0 amide bonds. The maximum atomic E-state index is 7.06. The molecular weight excluding hydrogens is 613 g/mol. The number of hydrogen-bond donors (Lipinski definition) is 0. The van der Waals surface area contributed by atoms with E-state index in [1.807, 2.05) is 0 Å². The average molecular weight is 656 g/mol. The molecule has 7 aromatic rings. The maximum absolute atomic E-state index is 7.06. The minimum absolute atomic E-state index is 0.0323. The van der Waals surface area contributed by atoms with Crippen LogP contribution in [0.2, 0.25) is 0 Å². The third-order valence-corrected chi connectivity index (χ3v) is 12.5. The first-order valence-corrected chi connectivity index (χ1v) is 18.2. The van der Waals surface area contributed by atoms with Crippen LogP contribution in [0.4, 0.5) is 0 Å². The van der Waals surface area contributed by atoms with Gasteiger partial charge >= 0.3 is 6.71 Å². The standard InChI is InChI=1S/C45H42BNO3/c1-8-43(2,3)26-17-18-36-30(21-26)41-42(50-36)46-33-24-31-32(45(6,7)20-19-44(31,4)5)25-37(33)48-38-22-27(23-39(49-41)40(38)46)47-34-15-11-9-13-28(34)29-14-10-12-16-35(29)47/h9-18,21-25H,8,19-20H2,1-7H3. The molecule has 50 heavy (non-hydrogen) atoms. The number of fused-ring (bicyclic) bond motifs is 10. The van der Waals surface area contributed by atoms with Gasteiger partial charge in [-0.15, -0.1) is 0 Å². The second kappa shape index (κ2) is 9.87. The fourth-order valence-corrected chi connectivity index (χ4v) is 8.97. The molecule has 0 atom stereocenters. The van der Waals surface area contributed by atoms with Crippen molar-refractivity contribution in [2.45, 2.75) is 84.0 Å². The van der Waals surface area contributed by atoms with Crippen LogP contribution >= 0.6 is 0 Å². The van der Waals surface area contributed by atoms with Crippen molar-refractivity contribution in [3.05, 3.63) is 108 Å². The summed E-state index contributed by atoms with van der Waals surface area (Å²) in [7, 11) is 0. The lowest BCUT2D eigenvalue weighted by atomic mass is 9.36. The molecule has 2 aromatic heterocycles. The number of nitrogens with zero attached hydrogens (tertiary/aromatic N) is 1. The van der Waals surface area contributed by atoms with Crippen molar-refractivity contribution in [3.63, 3.8) is 0 Å². The second-order valence-corrected chi connectivity index (χ2v) is 16.8. The van der Waals surface area contributed by atoms with Crippen LogP contribution in [0, 0.1) is 0 Å². The van der Waals surface area contributed by atoms with Crippen LogP contribution in [-0.2, 0) is 16.2 Å². The van der Waals surface area contributed by atoms with Crippen molar-refractivity contribution in [2.75, 3.05) is 0 Å². The molecule has 0 saturated heterocycles. The van der Waals surface area contributed by atoms with Crippen molar-refractivity contribution < 1.29 is 13.9 Å². The lowest BCUT2D eigenvalue weighted by Gasteiger charge is -2.43. The topological polar surface area (TPSA) is 36.5 Å². The molecule has 4 heterocycles. The normalized spacial score (nSPS) is 16.8. The SMILES string of the molecule is CCC(C)(C)c1ccc2oc3c(c2c1)Oc1cc(-n2c4ccccc4c4ccccc42)cc2c1B3c1cc3c(cc1O2)C(C)(C)CCC3(C)C. The van der Waals surface area contributed by atoms with Crippen LogP contribution in [0.1, 0.15) is 84.4 Å². The molecule has 0 N–H and O–H groups in total. The van der Waals surface area contributed by atoms with Gasteiger partial charge < -0.3 is 18.5 Å². The third-order valence-electron chi connectivity index (χ3n) is 12.5. The molecule has 0 radical (unpaired) electrons. The first-order chi connectivity index (χ1) is 23.9. The summed E-state index contributed by atoms with van der Waals surface area (Å²) in [4.78, 5) is 0. The van der Waals surface area contributed by atoms with Gasteiger partial charge in [-0.1, -0.05) is 97.0 Å². The first kappa shape index (κ1) is 30.0. The predicted octanol–water partition coefficient (Wildman–Crippen LogP) is 10.3. The van der Waals surface area contributed by atoms with Gasteiger partial charge in [0.1, 0.15) is 28.5 Å². The average Bonchev–Trinajstić information content (AvgIpc) is 3.65. The van der Waals surface area contributed by atoms with E-state index < -0.39 is 0 Å². The van der Waals surface area contributed by atoms with Gasteiger partial charge in [0.05, 0.1) is 22.1 Å². The Bertz CT molecular complexity index is 2530. The molecule has 0 spiro atoms. The summed E-state index contributed by atoms with van der Waals surface area (Å²) in [5.74, 6) is 3.38. The maximum Gasteiger partial charge on any atom is 0.305 e. The number of benzene rings is 5. The molecule has 248 valence electrons. The minimum Gasteiger partial charge on any atom is -0.466 e. The molecule has 5 heteroatoms. The minimum atomic E-state index is -0.152. The van der Waals surface area contributed by atoms with Gasteiger partial charge in [-0.05, 0) is 88.0 Å². The van der Waals surface area contributed by atoms with Crippen LogP contribution in [0.5, 0.6) is 23.0 Å². The fraction of sp³-hybridized carbons (Fsp3) is 0.289. The van der Waals surface area contributed by atoms with Crippen molar-refractivity contribution >= 4 is 56.1 Å². The van der Waals surface area contributed by atoms with E-state index in [9.17, 15) is 0 Å². The zero-order valence-corrected chi connectivity index (χ0v) is 30.0. The van der Waals surface area contributed by atoms with E-state index in [1.165, 1.54) is 27.5 Å². The molecule has 1 aliphatic carbocycles. The number of rotatable bonds is 3. The largest absolute Gasteiger partial charge is 0.466 e. The molecule has 0 bridgehead atoms. The van der Waals surface area contributed by atoms with Gasteiger partial charge in [0.2, 0.25) is 0 Å². The highest BCUT2D eigenvalue weighted by Crippen LogP contribution is 2.49. The summed E-state index contributed by atoms with van der Waals surface area (Å²) in [5.41, 5.74) is 11.5. The Morgan fingerprint density at radius 3 is 1.98 bits per heavy atom. The zero-order chi connectivity index (χ0) is 34.3. The van der Waals surface area contributed by atoms with Gasteiger partial charge in [-0.3, -0.25) is 0 Å². The zero-order valence-electron chi connectivity index (χ0n) is 30.0. The Morgan fingerprint density at radius 2 is 1.32 bits per heavy atom. The van der Waals surface area contributed by atoms with E-state index in [0.29, 0.717) is 0 Å². The van der Waals surface area contributed by atoms with Crippen molar-refractivity contribution in [1.82, 2.24) is 4.57 Å². The fourth-order valence-electron chi connectivity index (χ4n) is 8.97. The lowest BCUT2D eigenvalue weighted by Crippen LogP contribution is -2.57. The molecule has 3 aliphatic rings. The highest BCUT2D eigenvalue weighted by Gasteiger charge is 2.47. The highest BCUT2D eigenvalue weighted by molar-refractivity contribution is 6.97. The number of aromatic nitrogens is 1. The summed E-state index contributed by atoms with van der Waals surface area (Å²) in [5, 5.41) is 3.48. The van der Waals surface area contributed by atoms with Gasteiger partial charge in [0.15, 0.2) is 5.75 Å². The predicted molar refractivity (Wildman–Crippen MR) is 207 cm³/mol. The van der Waals surface area contributed by atoms with E-state index in [2.05, 4.69) is 144 Å². The molecule has 2 aliphatic heterocycles. The number of para-hydroxylation sites is 2. The molecule has 0 fully saturated rings. The highest BCUT2D eigenvalue weighted by atomic mass is 16.5. The first-order valence-electron chi connectivity index (χ1n) is 18.2. The lowest BCUT2D eigenvalue weighted by molar-refractivity contribution is 0.330. The van der Waals surface area contributed by atoms with Crippen molar-refractivity contribution in [2.24, 2.45) is 0 Å². The van der Waals surface area contributed by atoms with Gasteiger partial charge in [-0.2, -0.15) is 0 Å². The Kier molecular flexibility index (Phi) is 5.92. The summed E-state index contributed by atoms with van der Waals surface area (Å²) in [6, 6.07) is 33.2. The Morgan fingerprint density at radius 1 is 0.700 bits per heavy atom. The van der Waals surface area contributed by atoms with E-state index >= 15 is 0 Å². The summed E-state index contributed by atoms with van der Waals surface area (Å²) in [6.45, 7) is 16.3. The van der Waals surface area contributed by atoms with Gasteiger partial charge in [-0.25, -0.2) is 0 Å². The molecule has 4 nitrogen and oxygen atoms in total. The molecule has 0 saturated carbocycles. The van der Waals surface area contributed by atoms with E-state index in [0.717, 1.165) is 86.5 Å². The Hall–Kier alpha value is -4.90. The quantitative estimate of drug-likeness (QED) is 0.178. The molecule has 10 rings (SSSR count). The molecule has 5 aromatic carbocycles. The van der Waals surface area contributed by atoms with Crippen LogP contribution in [0.15, 0.2) is 95.4 Å². The summed E-state index contributed by atoms with van der Waals surface area (Å²) in [6.07, 6.45) is 3.33. The van der Waals surface area contributed by atoms with Crippen LogP contribution in [-0.4, -0.2) is 11.3 Å². The number of hydrogen-bond acceptors (Lipinski definition) is 3. The molecule has 0 unspecified atom stereocenters. The van der Waals surface area contributed by atoms with Crippen LogP contribution < -0.4 is 26.1 Å². The van der Waals surface area contributed by atoms with Crippen molar-refractivity contribution in [1.29, 1.82) is 0 Å². The van der Waals surface area contributed by atoms with Gasteiger partial charge in [0.25, 0.3) is 0 Å². The summed E-state index contributed by atoms with van der Waals surface area (Å²) >= 11 is 0. The van der Waals surface area contributed by atoms with E-state index in [1.54, 1.807) is 0 Å². The number of furan rings is 1. The van der Waals surface area contributed by atoms with Gasteiger partial charge in [0, 0.05) is 28.4 Å². The Labute approximate surface area is 294 Å². The molecular formula is C45H42BNO3. The summed E-state index contributed by atoms with van der Waals surface area (Å²) < 4.78 is 23.3. The van der Waals surface area contributed by atoms with Crippen LogP contribution in [0.3, 0.4) is 0 Å². The third kappa shape index (κ3) is 4.01. The monoisotopic (exact) mass is 655 g/mol. The smallest absolute Gasteiger partial charge is 0.305 e. The van der Waals surface area contributed by atoms with E-state index in [-0.39, 0.29) is 23.0 Å². The number of ether oxygens (including phenoxy) is 2. The van der Waals surface area contributed by atoms with Crippen molar-refractivity contribution in [3.8, 4) is 28.7 Å².